The predicted octanol–water partition coefficient (Wildman–Crippen LogP) is 15.4. The lowest BCUT2D eigenvalue weighted by Crippen LogP contribution is -2.37. The zero-order chi connectivity index (χ0) is 47.1. The van der Waals surface area contributed by atoms with Crippen LogP contribution in [0.3, 0.4) is 0 Å². The second-order valence-electron chi connectivity index (χ2n) is 18.2. The molecule has 0 fully saturated rings. The van der Waals surface area contributed by atoms with Crippen molar-refractivity contribution in [2.75, 3.05) is 47.5 Å². The Bertz CT molecular complexity index is 1310. The molecular formula is C54H97NO8P+. The zero-order valence-corrected chi connectivity index (χ0v) is 42.6. The lowest BCUT2D eigenvalue weighted by molar-refractivity contribution is -0.870. The van der Waals surface area contributed by atoms with Crippen molar-refractivity contribution < 1.29 is 42.1 Å². The van der Waals surface area contributed by atoms with Gasteiger partial charge in [-0.2, -0.15) is 0 Å². The van der Waals surface area contributed by atoms with Crippen LogP contribution in [-0.2, 0) is 32.7 Å². The van der Waals surface area contributed by atoms with Crippen LogP contribution in [0.5, 0.6) is 0 Å². The smallest absolute Gasteiger partial charge is 0.462 e. The molecule has 0 aromatic carbocycles. The molecule has 0 radical (unpaired) electrons. The Balaban J connectivity index is 4.27. The summed E-state index contributed by atoms with van der Waals surface area (Å²) < 4.78 is 34.4. The first-order chi connectivity index (χ1) is 31.0. The second-order valence-corrected chi connectivity index (χ2v) is 19.6. The highest BCUT2D eigenvalue weighted by atomic mass is 31.2. The summed E-state index contributed by atoms with van der Waals surface area (Å²) in [7, 11) is 1.45. The number of rotatable bonds is 46. The Labute approximate surface area is 393 Å². The van der Waals surface area contributed by atoms with Gasteiger partial charge in [-0.15, -0.1) is 0 Å². The van der Waals surface area contributed by atoms with Crippen molar-refractivity contribution in [2.45, 2.75) is 213 Å². The Morgan fingerprint density at radius 2 is 0.891 bits per heavy atom. The van der Waals surface area contributed by atoms with Crippen molar-refractivity contribution in [1.29, 1.82) is 0 Å². The van der Waals surface area contributed by atoms with Gasteiger partial charge in [0.25, 0.3) is 0 Å². The van der Waals surface area contributed by atoms with Crippen molar-refractivity contribution in [3.05, 3.63) is 72.9 Å². The highest BCUT2D eigenvalue weighted by Crippen LogP contribution is 2.43. The number of esters is 2. The number of phosphoric ester groups is 1. The predicted molar refractivity (Wildman–Crippen MR) is 270 cm³/mol. The number of carbonyl (C=O) groups excluding carboxylic acids is 2. The molecule has 2 atom stereocenters. The quantitative estimate of drug-likeness (QED) is 0.0211. The van der Waals surface area contributed by atoms with E-state index in [1.807, 2.05) is 21.1 Å². The van der Waals surface area contributed by atoms with Gasteiger partial charge in [0, 0.05) is 12.8 Å². The van der Waals surface area contributed by atoms with Gasteiger partial charge in [-0.1, -0.05) is 183 Å². The summed E-state index contributed by atoms with van der Waals surface area (Å²) in [4.78, 5) is 35.5. The highest BCUT2D eigenvalue weighted by molar-refractivity contribution is 7.47. The SMILES string of the molecule is CC/C=C\C/C=C\C/C=C\C/C=C\CCCCCCC(=O)OC(COC(=O)CCCCCCCCCCCCC/C=C\C/C=C\CCCCCCC)COP(=O)(O)OCC[N+](C)(C)C. The van der Waals surface area contributed by atoms with E-state index >= 15 is 0 Å². The fourth-order valence-corrected chi connectivity index (χ4v) is 7.48. The molecule has 0 bridgehead atoms. The van der Waals surface area contributed by atoms with Gasteiger partial charge in [0.2, 0.25) is 0 Å². The van der Waals surface area contributed by atoms with Crippen LogP contribution in [0.25, 0.3) is 0 Å². The third-order valence-electron chi connectivity index (χ3n) is 10.7. The summed E-state index contributed by atoms with van der Waals surface area (Å²) in [5, 5.41) is 0. The fourth-order valence-electron chi connectivity index (χ4n) is 6.74. The molecule has 2 unspecified atom stereocenters. The van der Waals surface area contributed by atoms with Crippen molar-refractivity contribution in [3.63, 3.8) is 0 Å². The van der Waals surface area contributed by atoms with Gasteiger partial charge in [-0.25, -0.2) is 4.57 Å². The van der Waals surface area contributed by atoms with E-state index in [-0.39, 0.29) is 32.0 Å². The molecule has 0 aromatic rings. The molecule has 0 rings (SSSR count). The van der Waals surface area contributed by atoms with Gasteiger partial charge in [0.1, 0.15) is 19.8 Å². The van der Waals surface area contributed by atoms with E-state index in [1.165, 1.54) is 96.3 Å². The van der Waals surface area contributed by atoms with E-state index in [2.05, 4.69) is 86.8 Å². The van der Waals surface area contributed by atoms with Crippen molar-refractivity contribution >= 4 is 19.8 Å². The molecule has 0 amide bonds. The molecule has 9 nitrogen and oxygen atoms in total. The van der Waals surface area contributed by atoms with Gasteiger partial charge in [0.05, 0.1) is 27.7 Å². The first-order valence-electron chi connectivity index (χ1n) is 25.7. The summed E-state index contributed by atoms with van der Waals surface area (Å²) >= 11 is 0. The maximum atomic E-state index is 12.7. The third kappa shape index (κ3) is 48.9. The van der Waals surface area contributed by atoms with Crippen LogP contribution in [0.1, 0.15) is 206 Å². The van der Waals surface area contributed by atoms with E-state index in [0.717, 1.165) is 77.0 Å². The molecule has 0 aromatic heterocycles. The molecule has 0 saturated heterocycles. The molecule has 64 heavy (non-hydrogen) atoms. The van der Waals surface area contributed by atoms with E-state index in [4.69, 9.17) is 18.5 Å². The highest BCUT2D eigenvalue weighted by Gasteiger charge is 2.27. The molecule has 370 valence electrons. The molecule has 0 spiro atoms. The number of ether oxygens (including phenoxy) is 2. The Morgan fingerprint density at radius 1 is 0.500 bits per heavy atom. The largest absolute Gasteiger partial charge is 0.472 e. The molecule has 10 heteroatoms. The number of unbranched alkanes of at least 4 members (excludes halogenated alkanes) is 20. The fraction of sp³-hybridized carbons (Fsp3) is 0.741. The third-order valence-corrected chi connectivity index (χ3v) is 11.7. The van der Waals surface area contributed by atoms with Crippen LogP contribution in [0, 0.1) is 0 Å². The number of likely N-dealkylation sites (N-methyl/N-ethyl adjacent to an activating group) is 1. The van der Waals surface area contributed by atoms with Crippen LogP contribution in [0.15, 0.2) is 72.9 Å². The average molecular weight is 919 g/mol. The maximum absolute atomic E-state index is 12.7. The van der Waals surface area contributed by atoms with E-state index in [0.29, 0.717) is 17.4 Å². The Hall–Kier alpha value is -2.55. The van der Waals surface area contributed by atoms with Crippen LogP contribution >= 0.6 is 7.82 Å². The van der Waals surface area contributed by atoms with E-state index < -0.39 is 26.5 Å². The monoisotopic (exact) mass is 919 g/mol. The van der Waals surface area contributed by atoms with Gasteiger partial charge in [-0.05, 0) is 83.5 Å². The minimum atomic E-state index is -4.39. The normalized spacial score (nSPS) is 14.0. The number of allylic oxidation sites excluding steroid dienone is 12. The zero-order valence-electron chi connectivity index (χ0n) is 41.7. The van der Waals surface area contributed by atoms with Gasteiger partial charge in [0.15, 0.2) is 6.10 Å². The van der Waals surface area contributed by atoms with E-state index in [1.54, 1.807) is 0 Å². The first-order valence-corrected chi connectivity index (χ1v) is 27.2. The minimum Gasteiger partial charge on any atom is -0.462 e. The molecule has 0 heterocycles. The van der Waals surface area contributed by atoms with Crippen molar-refractivity contribution in [2.24, 2.45) is 0 Å². The number of hydrogen-bond acceptors (Lipinski definition) is 7. The van der Waals surface area contributed by atoms with Gasteiger partial charge >= 0.3 is 19.8 Å². The minimum absolute atomic E-state index is 0.0231. The van der Waals surface area contributed by atoms with Crippen molar-refractivity contribution in [1.82, 2.24) is 0 Å². The lowest BCUT2D eigenvalue weighted by atomic mass is 10.0. The topological polar surface area (TPSA) is 108 Å². The lowest BCUT2D eigenvalue weighted by Gasteiger charge is -2.24. The number of quaternary nitrogens is 1. The van der Waals surface area contributed by atoms with Crippen molar-refractivity contribution in [3.8, 4) is 0 Å². The summed E-state index contributed by atoms with van der Waals surface area (Å²) in [6, 6.07) is 0. The standard InChI is InChI=1S/C54H96NO8P/c1-6-8-10-12-14-16-18-20-22-24-25-26-27-28-29-31-32-34-36-38-40-42-44-46-53(56)60-50-52(51-62-64(58,59)61-49-48-55(3,4)5)63-54(57)47-45-43-41-39-37-35-33-30-23-21-19-17-15-13-11-9-7-2/h9,11,15,17-18,20-21,23-25,33,35,52H,6-8,10,12-14,16,19,22,26-32,34,36-51H2,1-5H3/p+1/b11-9-,17-15-,20-18-,23-21-,25-24-,35-33-. The summed E-state index contributed by atoms with van der Waals surface area (Å²) in [5.41, 5.74) is 0. The number of phosphoric acid groups is 1. The van der Waals surface area contributed by atoms with Crippen LogP contribution in [0.4, 0.5) is 0 Å². The number of hydrogen-bond donors (Lipinski definition) is 1. The van der Waals surface area contributed by atoms with Crippen LogP contribution in [-0.4, -0.2) is 74.9 Å². The first kappa shape index (κ1) is 61.5. The molecule has 0 aliphatic rings. The second kappa shape index (κ2) is 45.6. The molecule has 0 aliphatic carbocycles. The molecule has 0 saturated carbocycles. The summed E-state index contributed by atoms with van der Waals surface area (Å²) in [6.45, 7) is 4.27. The summed E-state index contributed by atoms with van der Waals surface area (Å²) in [6.07, 6.45) is 58.1. The average Bonchev–Trinajstić information content (AvgIpc) is 3.25. The molecule has 1 N–H and O–H groups in total. The van der Waals surface area contributed by atoms with Crippen LogP contribution in [0.2, 0.25) is 0 Å². The number of carbonyl (C=O) groups is 2. The van der Waals surface area contributed by atoms with Gasteiger partial charge < -0.3 is 18.9 Å². The van der Waals surface area contributed by atoms with E-state index in [9.17, 15) is 19.0 Å². The number of nitrogens with zero attached hydrogens (tertiary/aromatic N) is 1. The Morgan fingerprint density at radius 3 is 1.33 bits per heavy atom. The maximum Gasteiger partial charge on any atom is 0.472 e. The summed E-state index contributed by atoms with van der Waals surface area (Å²) in [5.74, 6) is -0.830. The molecule has 0 aliphatic heterocycles. The van der Waals surface area contributed by atoms with Crippen LogP contribution < -0.4 is 0 Å². The molecular weight excluding hydrogens is 822 g/mol. The van der Waals surface area contributed by atoms with Gasteiger partial charge in [-0.3, -0.25) is 18.6 Å². The Kier molecular flexibility index (Phi) is 43.8.